The van der Waals surface area contributed by atoms with Crippen LogP contribution in [0.5, 0.6) is 0 Å². The Balaban J connectivity index is 1.25. The lowest BCUT2D eigenvalue weighted by Gasteiger charge is -2.61. The second-order valence-electron chi connectivity index (χ2n) is 16.1. The molecule has 7 N–H and O–H groups in total. The molecular formula is C32H48O10. The summed E-state index contributed by atoms with van der Waals surface area (Å²) in [5, 5.41) is 77.9. The van der Waals surface area contributed by atoms with Crippen molar-refractivity contribution in [1.82, 2.24) is 0 Å². The molecule has 2 spiro atoms. The summed E-state index contributed by atoms with van der Waals surface area (Å²) in [4.78, 5) is 12.8. The summed E-state index contributed by atoms with van der Waals surface area (Å²) in [5.74, 6) is -1.16. The maximum atomic E-state index is 12.8. The van der Waals surface area contributed by atoms with Gasteiger partial charge in [0.05, 0.1) is 24.9 Å². The van der Waals surface area contributed by atoms with E-state index in [9.17, 15) is 40.5 Å². The summed E-state index contributed by atoms with van der Waals surface area (Å²) < 4.78 is 11.9. The molecule has 7 rings (SSSR count). The van der Waals surface area contributed by atoms with E-state index >= 15 is 0 Å². The highest BCUT2D eigenvalue weighted by Gasteiger charge is 2.87. The molecule has 10 nitrogen and oxygen atoms in total. The first-order valence-corrected chi connectivity index (χ1v) is 15.8. The molecule has 16 unspecified atom stereocenters. The Hall–Kier alpha value is -0.950. The quantitative estimate of drug-likeness (QED) is 0.223. The molecular weight excluding hydrogens is 544 g/mol. The van der Waals surface area contributed by atoms with Gasteiger partial charge in [-0.3, -0.25) is 4.79 Å². The second kappa shape index (κ2) is 8.65. The van der Waals surface area contributed by atoms with Crippen LogP contribution >= 0.6 is 0 Å². The number of Topliss-reactive ketones (excluding diaryl/α,β-unsaturated/α-hetero) is 1. The van der Waals surface area contributed by atoms with E-state index in [-0.39, 0.29) is 36.4 Å². The normalized spacial score (nSPS) is 61.3. The summed E-state index contributed by atoms with van der Waals surface area (Å²) >= 11 is 0. The zero-order valence-electron chi connectivity index (χ0n) is 25.2. The van der Waals surface area contributed by atoms with Gasteiger partial charge in [-0.15, -0.1) is 0 Å². The van der Waals surface area contributed by atoms with Crippen LogP contribution in [0.1, 0.15) is 73.1 Å². The molecule has 7 aliphatic rings. The number of aliphatic hydroxyl groups is 7. The number of carbonyl (C=O) groups is 1. The fourth-order valence-electron chi connectivity index (χ4n) is 12.3. The topological polar surface area (TPSA) is 177 Å². The van der Waals surface area contributed by atoms with Gasteiger partial charge in [-0.1, -0.05) is 46.3 Å². The van der Waals surface area contributed by atoms with Crippen LogP contribution in [0.15, 0.2) is 11.6 Å². The van der Waals surface area contributed by atoms with Crippen molar-refractivity contribution in [3.05, 3.63) is 11.6 Å². The van der Waals surface area contributed by atoms with Gasteiger partial charge in [0.1, 0.15) is 30.0 Å². The van der Waals surface area contributed by atoms with Gasteiger partial charge in [0.15, 0.2) is 12.1 Å². The van der Waals surface area contributed by atoms with Crippen molar-refractivity contribution in [2.45, 2.75) is 128 Å². The molecule has 0 amide bonds. The fraction of sp³-hybridized carbons (Fsp3) is 0.906. The number of carbonyl (C=O) groups excluding carboxylic acids is 1. The molecule has 16 atom stereocenters. The molecule has 1 saturated heterocycles. The molecule has 0 bridgehead atoms. The summed E-state index contributed by atoms with van der Waals surface area (Å²) in [6, 6.07) is 0. The summed E-state index contributed by atoms with van der Waals surface area (Å²) in [5.41, 5.74) is -3.95. The number of ketones is 1. The van der Waals surface area contributed by atoms with Crippen LogP contribution in [0, 0.1) is 44.8 Å². The Labute approximate surface area is 246 Å². The standard InChI is InChI=1S/C32H48O10/c1-14-10-15(33)24(38)32(40)23(14)28(4)11-19(35)31-13-30(31)9-8-20(42-25-22(37)21(36)16(34)12-41-25)27(2,3)17(30)6-7-18(31)29(28,5)26(32)39/h7,14,16-17,19-26,34-40H,6,8-13H2,1-5H3. The molecule has 10 heteroatoms. The molecule has 6 aliphatic carbocycles. The highest BCUT2D eigenvalue weighted by Crippen LogP contribution is 2.88. The minimum Gasteiger partial charge on any atom is -0.392 e. The van der Waals surface area contributed by atoms with Crippen molar-refractivity contribution in [1.29, 1.82) is 0 Å². The van der Waals surface area contributed by atoms with Crippen LogP contribution in [-0.4, -0.2) is 103 Å². The second-order valence-corrected chi connectivity index (χ2v) is 16.1. The van der Waals surface area contributed by atoms with Gasteiger partial charge in [0.25, 0.3) is 0 Å². The lowest BCUT2D eigenvalue weighted by Crippen LogP contribution is -2.63. The van der Waals surface area contributed by atoms with Crippen LogP contribution in [0.25, 0.3) is 0 Å². The van der Waals surface area contributed by atoms with Crippen molar-refractivity contribution in [2.75, 3.05) is 6.61 Å². The first-order valence-electron chi connectivity index (χ1n) is 15.8. The van der Waals surface area contributed by atoms with E-state index in [1.54, 1.807) is 0 Å². The van der Waals surface area contributed by atoms with E-state index in [1.165, 1.54) is 0 Å². The largest absolute Gasteiger partial charge is 0.392 e. The maximum Gasteiger partial charge on any atom is 0.186 e. The third kappa shape index (κ3) is 3.05. The van der Waals surface area contributed by atoms with Crippen molar-refractivity contribution in [2.24, 2.45) is 44.8 Å². The summed E-state index contributed by atoms with van der Waals surface area (Å²) in [6.45, 7) is 10.1. The number of fused-ring (bicyclic) bond motifs is 4. The molecule has 5 saturated carbocycles. The average Bonchev–Trinajstić information content (AvgIpc) is 3.58. The van der Waals surface area contributed by atoms with Crippen LogP contribution in [-0.2, 0) is 14.3 Å². The van der Waals surface area contributed by atoms with Crippen LogP contribution in [0.3, 0.4) is 0 Å². The number of allylic oxidation sites excluding steroid dienone is 1. The number of hydrogen-bond acceptors (Lipinski definition) is 10. The number of hydrogen-bond donors (Lipinski definition) is 7. The minimum atomic E-state index is -1.99. The van der Waals surface area contributed by atoms with Gasteiger partial charge in [0, 0.05) is 23.2 Å². The van der Waals surface area contributed by atoms with E-state index < -0.39 is 81.9 Å². The molecule has 0 radical (unpaired) electrons. The van der Waals surface area contributed by atoms with E-state index in [1.807, 2.05) is 20.8 Å². The minimum absolute atomic E-state index is 0.112. The number of aliphatic hydroxyl groups excluding tert-OH is 6. The fourth-order valence-corrected chi connectivity index (χ4v) is 12.3. The van der Waals surface area contributed by atoms with Crippen molar-refractivity contribution in [3.8, 4) is 0 Å². The van der Waals surface area contributed by atoms with Gasteiger partial charge in [-0.05, 0) is 60.2 Å². The van der Waals surface area contributed by atoms with E-state index in [2.05, 4.69) is 19.9 Å². The molecule has 42 heavy (non-hydrogen) atoms. The van der Waals surface area contributed by atoms with Crippen molar-refractivity contribution in [3.63, 3.8) is 0 Å². The van der Waals surface area contributed by atoms with Crippen molar-refractivity contribution >= 4 is 5.78 Å². The molecule has 6 fully saturated rings. The predicted molar refractivity (Wildman–Crippen MR) is 147 cm³/mol. The lowest BCUT2D eigenvalue weighted by atomic mass is 9.44. The van der Waals surface area contributed by atoms with E-state index in [4.69, 9.17) is 9.47 Å². The zero-order chi connectivity index (χ0) is 30.6. The van der Waals surface area contributed by atoms with Gasteiger partial charge < -0.3 is 45.2 Å². The van der Waals surface area contributed by atoms with E-state index in [0.29, 0.717) is 19.3 Å². The molecule has 0 aromatic carbocycles. The Morgan fingerprint density at radius 3 is 2.40 bits per heavy atom. The summed E-state index contributed by atoms with van der Waals surface area (Å²) in [6.07, 6.45) is -3.55. The molecule has 1 heterocycles. The predicted octanol–water partition coefficient (Wildman–Crippen LogP) is 0.422. The third-order valence-electron chi connectivity index (χ3n) is 14.3. The monoisotopic (exact) mass is 592 g/mol. The third-order valence-corrected chi connectivity index (χ3v) is 14.3. The average molecular weight is 593 g/mol. The highest BCUT2D eigenvalue weighted by molar-refractivity contribution is 5.86. The Morgan fingerprint density at radius 2 is 1.71 bits per heavy atom. The number of ether oxygens (including phenoxy) is 2. The van der Waals surface area contributed by atoms with Gasteiger partial charge in [-0.2, -0.15) is 0 Å². The molecule has 236 valence electrons. The van der Waals surface area contributed by atoms with Crippen LogP contribution < -0.4 is 0 Å². The Kier molecular flexibility index (Phi) is 6.12. The van der Waals surface area contributed by atoms with Gasteiger partial charge in [0.2, 0.25) is 0 Å². The van der Waals surface area contributed by atoms with Gasteiger partial charge >= 0.3 is 0 Å². The molecule has 1 aliphatic heterocycles. The maximum absolute atomic E-state index is 12.8. The highest BCUT2D eigenvalue weighted by atomic mass is 16.7. The Morgan fingerprint density at radius 1 is 1.02 bits per heavy atom. The van der Waals surface area contributed by atoms with Crippen LogP contribution in [0.4, 0.5) is 0 Å². The Bertz CT molecular complexity index is 1220. The first kappa shape index (κ1) is 29.7. The van der Waals surface area contributed by atoms with Crippen molar-refractivity contribution < 1.29 is 50.0 Å². The van der Waals surface area contributed by atoms with Crippen LogP contribution in [0.2, 0.25) is 0 Å². The van der Waals surface area contributed by atoms with E-state index in [0.717, 1.165) is 18.4 Å². The first-order chi connectivity index (χ1) is 19.5. The molecule has 0 aromatic rings. The zero-order valence-corrected chi connectivity index (χ0v) is 25.2. The van der Waals surface area contributed by atoms with Gasteiger partial charge in [-0.25, -0.2) is 0 Å². The molecule has 0 aromatic heterocycles. The lowest BCUT2D eigenvalue weighted by molar-refractivity contribution is -0.301. The summed E-state index contributed by atoms with van der Waals surface area (Å²) in [7, 11) is 0. The number of rotatable bonds is 2. The smallest absolute Gasteiger partial charge is 0.186 e. The SMILES string of the molecule is CC1CC(=O)C(O)C2(O)C1C1(C)CC(O)C34CC35CCC(OC3OCC(O)C(O)C3O)C(C)(C)C5CC=C4C1(C)C2O.